The molecular formula is C20H13ClFN3O2S2. The molecule has 2 heterocycles. The Bertz CT molecular complexity index is 1270. The van der Waals surface area contributed by atoms with E-state index in [0.29, 0.717) is 31.8 Å². The standard InChI is InChI=1S/C20H13ClFN3O2S2/c21-14-6-1-2-7-16(14)25-19(27)18-15(8-9-28-18)24-20(25)29-11-17(26)23-13-5-3-4-12(22)10-13/h1-10H,11H2,(H,23,26). The Hall–Kier alpha value is -2.68. The molecule has 146 valence electrons. The molecule has 0 radical (unpaired) electrons. The van der Waals surface area contributed by atoms with E-state index in [1.807, 2.05) is 0 Å². The van der Waals surface area contributed by atoms with Gasteiger partial charge in [-0.05, 0) is 41.8 Å². The Morgan fingerprint density at radius 2 is 2.03 bits per heavy atom. The van der Waals surface area contributed by atoms with Crippen LogP contribution in [-0.4, -0.2) is 21.2 Å². The molecule has 29 heavy (non-hydrogen) atoms. The summed E-state index contributed by atoms with van der Waals surface area (Å²) in [7, 11) is 0. The van der Waals surface area contributed by atoms with Crippen LogP contribution in [0.3, 0.4) is 0 Å². The Kier molecular flexibility index (Phi) is 5.66. The minimum atomic E-state index is -0.437. The smallest absolute Gasteiger partial charge is 0.276 e. The second-order valence-corrected chi connectivity index (χ2v) is 8.23. The fraction of sp³-hybridized carbons (Fsp3) is 0.0500. The highest BCUT2D eigenvalue weighted by Crippen LogP contribution is 2.27. The Morgan fingerprint density at radius 3 is 2.83 bits per heavy atom. The number of hydrogen-bond acceptors (Lipinski definition) is 5. The van der Waals surface area contributed by atoms with Gasteiger partial charge in [-0.2, -0.15) is 0 Å². The number of rotatable bonds is 5. The number of anilines is 1. The summed E-state index contributed by atoms with van der Waals surface area (Å²) in [5.41, 5.74) is 1.18. The molecule has 0 saturated carbocycles. The van der Waals surface area contributed by atoms with E-state index in [0.717, 1.165) is 11.8 Å². The van der Waals surface area contributed by atoms with E-state index >= 15 is 0 Å². The van der Waals surface area contributed by atoms with Crippen molar-refractivity contribution in [2.24, 2.45) is 0 Å². The minimum absolute atomic E-state index is 0.0109. The van der Waals surface area contributed by atoms with Crippen molar-refractivity contribution in [1.82, 2.24) is 9.55 Å². The van der Waals surface area contributed by atoms with E-state index in [4.69, 9.17) is 11.6 Å². The molecule has 5 nitrogen and oxygen atoms in total. The molecule has 0 aliphatic rings. The number of nitrogens with one attached hydrogen (secondary N) is 1. The molecule has 9 heteroatoms. The number of nitrogens with zero attached hydrogens (tertiary/aromatic N) is 2. The molecule has 4 aromatic rings. The topological polar surface area (TPSA) is 64.0 Å². The maximum atomic E-state index is 13.3. The van der Waals surface area contributed by atoms with Crippen LogP contribution in [0.5, 0.6) is 0 Å². The monoisotopic (exact) mass is 445 g/mol. The fourth-order valence-corrected chi connectivity index (χ4v) is 4.51. The number of carbonyl (C=O) groups excluding carboxylic acids is 1. The van der Waals surface area contributed by atoms with Crippen LogP contribution in [0, 0.1) is 5.82 Å². The second kappa shape index (κ2) is 8.36. The van der Waals surface area contributed by atoms with Gasteiger partial charge in [0.05, 0.1) is 22.0 Å². The number of hydrogen-bond donors (Lipinski definition) is 1. The van der Waals surface area contributed by atoms with Crippen LogP contribution in [-0.2, 0) is 4.79 Å². The Balaban J connectivity index is 1.66. The van der Waals surface area contributed by atoms with Gasteiger partial charge in [0.1, 0.15) is 10.5 Å². The van der Waals surface area contributed by atoms with Crippen molar-refractivity contribution in [3.05, 3.63) is 81.2 Å². The van der Waals surface area contributed by atoms with Crippen LogP contribution in [0.15, 0.2) is 69.9 Å². The summed E-state index contributed by atoms with van der Waals surface area (Å²) in [6.45, 7) is 0. The number of thiophene rings is 1. The van der Waals surface area contributed by atoms with Crippen molar-refractivity contribution in [2.45, 2.75) is 5.16 Å². The van der Waals surface area contributed by atoms with Crippen LogP contribution in [0.1, 0.15) is 0 Å². The summed E-state index contributed by atoms with van der Waals surface area (Å²) >= 11 is 8.71. The second-order valence-electron chi connectivity index (χ2n) is 5.97. The number of aromatic nitrogens is 2. The van der Waals surface area contributed by atoms with Crippen LogP contribution >= 0.6 is 34.7 Å². The van der Waals surface area contributed by atoms with Gasteiger partial charge >= 0.3 is 0 Å². The first-order valence-electron chi connectivity index (χ1n) is 8.46. The zero-order valence-electron chi connectivity index (χ0n) is 14.8. The van der Waals surface area contributed by atoms with E-state index in [-0.39, 0.29) is 17.2 Å². The van der Waals surface area contributed by atoms with Gasteiger partial charge in [0.25, 0.3) is 5.56 Å². The maximum absolute atomic E-state index is 13.3. The van der Waals surface area contributed by atoms with Crippen molar-refractivity contribution >= 4 is 56.5 Å². The van der Waals surface area contributed by atoms with Gasteiger partial charge in [-0.3, -0.25) is 14.2 Å². The predicted molar refractivity (Wildman–Crippen MR) is 116 cm³/mol. The molecule has 2 aromatic carbocycles. The third-order valence-corrected chi connectivity index (χ3v) is 6.13. The SMILES string of the molecule is O=C(CSc1nc2ccsc2c(=O)n1-c1ccccc1Cl)Nc1cccc(F)c1. The fourth-order valence-electron chi connectivity index (χ4n) is 2.73. The van der Waals surface area contributed by atoms with E-state index < -0.39 is 5.82 Å². The van der Waals surface area contributed by atoms with Crippen molar-refractivity contribution < 1.29 is 9.18 Å². The molecule has 0 atom stereocenters. The Morgan fingerprint density at radius 1 is 1.21 bits per heavy atom. The summed E-state index contributed by atoms with van der Waals surface area (Å²) in [6, 6.07) is 14.4. The first kappa shape index (κ1) is 19.6. The summed E-state index contributed by atoms with van der Waals surface area (Å²) in [4.78, 5) is 29.9. The van der Waals surface area contributed by atoms with Gasteiger partial charge in [-0.15, -0.1) is 11.3 Å². The number of amides is 1. The molecule has 0 aliphatic heterocycles. The summed E-state index contributed by atoms with van der Waals surface area (Å²) in [6.07, 6.45) is 0. The summed E-state index contributed by atoms with van der Waals surface area (Å²) in [5, 5.41) is 5.18. The molecule has 0 bridgehead atoms. The van der Waals surface area contributed by atoms with Crippen LogP contribution in [0.2, 0.25) is 5.02 Å². The lowest BCUT2D eigenvalue weighted by Crippen LogP contribution is -2.22. The number of halogens is 2. The van der Waals surface area contributed by atoms with Crippen molar-refractivity contribution in [1.29, 1.82) is 0 Å². The summed E-state index contributed by atoms with van der Waals surface area (Å²) in [5.74, 6) is -0.790. The largest absolute Gasteiger partial charge is 0.325 e. The first-order chi connectivity index (χ1) is 14.0. The minimum Gasteiger partial charge on any atom is -0.325 e. The zero-order valence-corrected chi connectivity index (χ0v) is 17.2. The number of thioether (sulfide) groups is 1. The van der Waals surface area contributed by atoms with Gasteiger partial charge in [-0.1, -0.05) is 41.6 Å². The molecule has 0 aliphatic carbocycles. The molecule has 4 rings (SSSR count). The van der Waals surface area contributed by atoms with Gasteiger partial charge < -0.3 is 5.32 Å². The van der Waals surface area contributed by atoms with Crippen LogP contribution < -0.4 is 10.9 Å². The van der Waals surface area contributed by atoms with Gasteiger partial charge in [-0.25, -0.2) is 9.37 Å². The molecule has 2 aromatic heterocycles. The first-order valence-corrected chi connectivity index (χ1v) is 10.7. The van der Waals surface area contributed by atoms with E-state index in [2.05, 4.69) is 10.3 Å². The number of benzene rings is 2. The van der Waals surface area contributed by atoms with E-state index in [1.165, 1.54) is 34.1 Å². The molecule has 1 N–H and O–H groups in total. The van der Waals surface area contributed by atoms with E-state index in [9.17, 15) is 14.0 Å². The highest BCUT2D eigenvalue weighted by Gasteiger charge is 2.17. The van der Waals surface area contributed by atoms with Crippen molar-refractivity contribution in [3.8, 4) is 5.69 Å². The molecule has 0 saturated heterocycles. The highest BCUT2D eigenvalue weighted by molar-refractivity contribution is 7.99. The molecule has 0 unspecified atom stereocenters. The number of carbonyl (C=O) groups is 1. The predicted octanol–water partition coefficient (Wildman–Crippen LogP) is 4.97. The lowest BCUT2D eigenvalue weighted by Gasteiger charge is -2.13. The zero-order chi connectivity index (χ0) is 20.4. The molecule has 1 amide bonds. The van der Waals surface area contributed by atoms with Gasteiger partial charge in [0.15, 0.2) is 5.16 Å². The average Bonchev–Trinajstić information content (AvgIpc) is 3.16. The normalized spacial score (nSPS) is 11.0. The highest BCUT2D eigenvalue weighted by atomic mass is 35.5. The maximum Gasteiger partial charge on any atom is 0.276 e. The lowest BCUT2D eigenvalue weighted by atomic mass is 10.3. The number of fused-ring (bicyclic) bond motifs is 1. The van der Waals surface area contributed by atoms with Crippen LogP contribution in [0.25, 0.3) is 15.9 Å². The van der Waals surface area contributed by atoms with Crippen LogP contribution in [0.4, 0.5) is 10.1 Å². The Labute approximate surface area is 178 Å². The number of para-hydroxylation sites is 1. The third kappa shape index (κ3) is 4.19. The molecule has 0 fully saturated rings. The van der Waals surface area contributed by atoms with Gasteiger partial charge in [0, 0.05) is 5.69 Å². The molecule has 0 spiro atoms. The lowest BCUT2D eigenvalue weighted by molar-refractivity contribution is -0.113. The molecular weight excluding hydrogens is 433 g/mol. The van der Waals surface area contributed by atoms with Crippen molar-refractivity contribution in [3.63, 3.8) is 0 Å². The summed E-state index contributed by atoms with van der Waals surface area (Å²) < 4.78 is 15.2. The van der Waals surface area contributed by atoms with E-state index in [1.54, 1.807) is 41.8 Å². The third-order valence-electron chi connectivity index (χ3n) is 3.98. The quantitative estimate of drug-likeness (QED) is 0.348. The van der Waals surface area contributed by atoms with Gasteiger partial charge in [0.2, 0.25) is 5.91 Å². The van der Waals surface area contributed by atoms with Crippen molar-refractivity contribution in [2.75, 3.05) is 11.1 Å². The average molecular weight is 446 g/mol.